The van der Waals surface area contributed by atoms with E-state index in [4.69, 9.17) is 0 Å². The summed E-state index contributed by atoms with van der Waals surface area (Å²) in [5.41, 5.74) is 0. The molecule has 2 heteroatoms. The summed E-state index contributed by atoms with van der Waals surface area (Å²) in [6.45, 7) is 7.58. The molecule has 0 aliphatic heterocycles. The van der Waals surface area contributed by atoms with Crippen LogP contribution >= 0.6 is 0 Å². The SMILES string of the molecule is C[Si](C)(C)[CH2][Zr]([C]1=CC=CC1)[C]1=CC=CC1. The summed E-state index contributed by atoms with van der Waals surface area (Å²) in [4.78, 5) is 0. The standard InChI is InChI=1S/2C5H5.C4H11Si.Zr/c2*1-2-4-5-3-1;1-5(2,3)4;/h2*1-3H,4H2;1H2,2-4H3;. The molecule has 0 fully saturated rings. The first kappa shape index (κ1) is 12.5. The van der Waals surface area contributed by atoms with Crippen molar-refractivity contribution >= 4 is 8.07 Å². The van der Waals surface area contributed by atoms with Gasteiger partial charge in [-0.05, 0) is 0 Å². The first-order valence-electron chi connectivity index (χ1n) is 6.14. The van der Waals surface area contributed by atoms with Gasteiger partial charge in [-0.25, -0.2) is 0 Å². The van der Waals surface area contributed by atoms with Crippen molar-refractivity contribution in [1.82, 2.24) is 0 Å². The first-order valence-corrected chi connectivity index (χ1v) is 14.0. The van der Waals surface area contributed by atoms with Crippen molar-refractivity contribution in [1.29, 1.82) is 0 Å². The maximum absolute atomic E-state index is 2.53. The molecule has 0 N–H and O–H groups in total. The minimum absolute atomic E-state index is 0.905. The van der Waals surface area contributed by atoms with Crippen LogP contribution in [0.25, 0.3) is 0 Å². The predicted octanol–water partition coefficient (Wildman–Crippen LogP) is 4.59. The summed E-state index contributed by atoms with van der Waals surface area (Å²) in [6.07, 6.45) is 16.6. The van der Waals surface area contributed by atoms with Crippen LogP contribution in [-0.2, 0) is 21.8 Å². The van der Waals surface area contributed by atoms with E-state index in [0.717, 1.165) is 0 Å². The molecule has 16 heavy (non-hydrogen) atoms. The average Bonchev–Trinajstić information content (AvgIpc) is 2.86. The van der Waals surface area contributed by atoms with Crippen molar-refractivity contribution in [2.75, 3.05) is 0 Å². The van der Waals surface area contributed by atoms with E-state index in [1.807, 2.05) is 6.56 Å². The first-order chi connectivity index (χ1) is 7.56. The van der Waals surface area contributed by atoms with Crippen molar-refractivity contribution < 1.29 is 21.8 Å². The fraction of sp³-hybridized carbons (Fsp3) is 0.429. The van der Waals surface area contributed by atoms with Crippen molar-refractivity contribution in [3.63, 3.8) is 0 Å². The van der Waals surface area contributed by atoms with Gasteiger partial charge in [-0.1, -0.05) is 0 Å². The Balaban J connectivity index is 2.13. The van der Waals surface area contributed by atoms with Crippen LogP contribution in [0.3, 0.4) is 0 Å². The normalized spacial score (nSPS) is 18.9. The predicted molar refractivity (Wildman–Crippen MR) is 71.8 cm³/mol. The Bertz CT molecular complexity index is 350. The van der Waals surface area contributed by atoms with Crippen LogP contribution in [0.15, 0.2) is 43.0 Å². The Morgan fingerprint density at radius 2 is 1.50 bits per heavy atom. The molecule has 85 valence electrons. The van der Waals surface area contributed by atoms with Crippen molar-refractivity contribution in [2.24, 2.45) is 0 Å². The van der Waals surface area contributed by atoms with Crippen LogP contribution in [0.2, 0.25) is 23.4 Å². The molecule has 0 radical (unpaired) electrons. The summed E-state index contributed by atoms with van der Waals surface area (Å²) >= 11 is -1.44. The topological polar surface area (TPSA) is 0 Å². The molecule has 0 saturated carbocycles. The summed E-state index contributed by atoms with van der Waals surface area (Å²) in [5.74, 6) is 0. The minimum atomic E-state index is -1.44. The van der Waals surface area contributed by atoms with Gasteiger partial charge in [0, 0.05) is 0 Å². The van der Waals surface area contributed by atoms with Crippen molar-refractivity contribution in [3.8, 4) is 0 Å². The second-order valence-electron chi connectivity index (χ2n) is 5.86. The van der Waals surface area contributed by atoms with Gasteiger partial charge in [0.1, 0.15) is 0 Å². The molecule has 0 aromatic heterocycles. The Hall–Kier alpha value is 0.0600. The van der Waals surface area contributed by atoms with Gasteiger partial charge < -0.3 is 0 Å². The third-order valence-corrected chi connectivity index (χ3v) is 20.5. The molecular weight excluding hydrogens is 287 g/mol. The Kier molecular flexibility index (Phi) is 4.02. The van der Waals surface area contributed by atoms with E-state index in [-0.39, 0.29) is 0 Å². The van der Waals surface area contributed by atoms with Gasteiger partial charge in [-0.2, -0.15) is 0 Å². The molecule has 0 spiro atoms. The molecule has 0 unspecified atom stereocenters. The van der Waals surface area contributed by atoms with Gasteiger partial charge >= 0.3 is 109 Å². The van der Waals surface area contributed by atoms with Gasteiger partial charge in [-0.15, -0.1) is 0 Å². The van der Waals surface area contributed by atoms with Gasteiger partial charge in [0.15, 0.2) is 0 Å². The van der Waals surface area contributed by atoms with E-state index in [1.54, 1.807) is 3.75 Å². The Morgan fingerprint density at radius 1 is 1.00 bits per heavy atom. The number of allylic oxidation sites excluding steroid dienone is 8. The van der Waals surface area contributed by atoms with Crippen LogP contribution in [0, 0.1) is 0 Å². The van der Waals surface area contributed by atoms with Crippen LogP contribution in [0.1, 0.15) is 12.8 Å². The van der Waals surface area contributed by atoms with Gasteiger partial charge in [0.05, 0.1) is 0 Å². The van der Waals surface area contributed by atoms with Crippen molar-refractivity contribution in [2.45, 2.75) is 36.2 Å². The Morgan fingerprint density at radius 3 is 1.81 bits per heavy atom. The zero-order valence-corrected chi connectivity index (χ0v) is 14.0. The van der Waals surface area contributed by atoms with Crippen molar-refractivity contribution in [3.05, 3.63) is 43.0 Å². The van der Waals surface area contributed by atoms with Crippen LogP contribution in [-0.4, -0.2) is 8.07 Å². The summed E-state index contributed by atoms with van der Waals surface area (Å²) in [6, 6.07) is 0. The molecule has 0 amide bonds. The zero-order chi connectivity index (χ0) is 11.6. The van der Waals surface area contributed by atoms with E-state index in [0.29, 0.717) is 0 Å². The summed E-state index contributed by atoms with van der Waals surface area (Å²) in [5, 5.41) is 0. The third-order valence-electron chi connectivity index (χ3n) is 3.02. The molecule has 0 bridgehead atoms. The van der Waals surface area contributed by atoms with Gasteiger partial charge in [-0.3, -0.25) is 0 Å². The molecule has 0 aromatic carbocycles. The average molecular weight is 309 g/mol. The number of hydrogen-bond acceptors (Lipinski definition) is 0. The molecule has 0 nitrogen and oxygen atoms in total. The number of hydrogen-bond donors (Lipinski definition) is 0. The molecule has 0 heterocycles. The molecule has 0 aromatic rings. The number of rotatable bonds is 4. The second kappa shape index (κ2) is 5.14. The second-order valence-corrected chi connectivity index (χ2v) is 19.5. The molecule has 0 atom stereocenters. The Labute approximate surface area is 109 Å². The molecular formula is C14H21SiZr. The van der Waals surface area contributed by atoms with E-state index in [1.165, 1.54) is 12.8 Å². The molecule has 2 aliphatic carbocycles. The van der Waals surface area contributed by atoms with Crippen LogP contribution in [0.5, 0.6) is 0 Å². The monoisotopic (exact) mass is 307 g/mol. The van der Waals surface area contributed by atoms with Crippen LogP contribution < -0.4 is 0 Å². The van der Waals surface area contributed by atoms with Crippen LogP contribution in [0.4, 0.5) is 0 Å². The van der Waals surface area contributed by atoms with E-state index < -0.39 is 29.8 Å². The van der Waals surface area contributed by atoms with Gasteiger partial charge in [0.2, 0.25) is 0 Å². The molecule has 2 aliphatic rings. The third kappa shape index (κ3) is 3.28. The van der Waals surface area contributed by atoms with E-state index >= 15 is 0 Å². The fourth-order valence-electron chi connectivity index (χ4n) is 2.31. The fourth-order valence-corrected chi connectivity index (χ4v) is 19.3. The molecule has 2 rings (SSSR count). The summed E-state index contributed by atoms with van der Waals surface area (Å²) in [7, 11) is -0.905. The van der Waals surface area contributed by atoms with Gasteiger partial charge in [0.25, 0.3) is 0 Å². The van der Waals surface area contributed by atoms with E-state index in [2.05, 4.69) is 56.1 Å². The maximum atomic E-state index is 2.53. The van der Waals surface area contributed by atoms with E-state index in [9.17, 15) is 0 Å². The zero-order valence-electron chi connectivity index (χ0n) is 10.6. The molecule has 0 saturated heterocycles. The quantitative estimate of drug-likeness (QED) is 0.666. The summed E-state index contributed by atoms with van der Waals surface area (Å²) < 4.78 is 5.26.